The van der Waals surface area contributed by atoms with E-state index in [1.165, 1.54) is 20.8 Å². The quantitative estimate of drug-likeness (QED) is 0.741. The first-order valence-corrected chi connectivity index (χ1v) is 7.70. The van der Waals surface area contributed by atoms with E-state index in [1.807, 2.05) is 23.5 Å². The van der Waals surface area contributed by atoms with Crippen LogP contribution in [0.4, 0.5) is 5.69 Å². The number of thiophene rings is 1. The number of aromatic nitrogens is 2. The van der Waals surface area contributed by atoms with E-state index in [2.05, 4.69) is 37.5 Å². The topological polar surface area (TPSA) is 43.8 Å². The fraction of sp³-hybridized carbons (Fsp3) is 0.312. The molecule has 0 radical (unpaired) electrons. The molecule has 20 heavy (non-hydrogen) atoms. The third-order valence-electron chi connectivity index (χ3n) is 3.70. The SMILES string of the molecule is CCc1nc2cc(N)ccc2n1Cc1cc(C)c(C)s1. The molecule has 2 N–H and O–H groups in total. The molecule has 4 heteroatoms. The van der Waals surface area contributed by atoms with E-state index in [9.17, 15) is 0 Å². The van der Waals surface area contributed by atoms with Gasteiger partial charge in [-0.25, -0.2) is 4.98 Å². The van der Waals surface area contributed by atoms with Crippen LogP contribution in [0.15, 0.2) is 24.3 Å². The third kappa shape index (κ3) is 2.20. The molecular weight excluding hydrogens is 266 g/mol. The summed E-state index contributed by atoms with van der Waals surface area (Å²) in [5, 5.41) is 0. The molecule has 0 saturated heterocycles. The van der Waals surface area contributed by atoms with Crippen molar-refractivity contribution in [3.8, 4) is 0 Å². The summed E-state index contributed by atoms with van der Waals surface area (Å²) in [5.74, 6) is 1.12. The van der Waals surface area contributed by atoms with E-state index in [0.717, 1.165) is 30.0 Å². The van der Waals surface area contributed by atoms with Gasteiger partial charge in [-0.2, -0.15) is 0 Å². The molecule has 0 atom stereocenters. The molecular formula is C16H19N3S. The van der Waals surface area contributed by atoms with Crippen molar-refractivity contribution < 1.29 is 0 Å². The first-order chi connectivity index (χ1) is 9.58. The summed E-state index contributed by atoms with van der Waals surface area (Å²) < 4.78 is 2.31. The lowest BCUT2D eigenvalue weighted by Crippen LogP contribution is -2.03. The lowest BCUT2D eigenvalue weighted by atomic mass is 10.2. The number of hydrogen-bond donors (Lipinski definition) is 1. The van der Waals surface area contributed by atoms with Gasteiger partial charge in [0.1, 0.15) is 5.82 Å². The van der Waals surface area contributed by atoms with Gasteiger partial charge in [-0.05, 0) is 43.7 Å². The second kappa shape index (κ2) is 4.94. The second-order valence-corrected chi connectivity index (χ2v) is 6.51. The molecule has 1 aromatic carbocycles. The van der Waals surface area contributed by atoms with E-state index >= 15 is 0 Å². The van der Waals surface area contributed by atoms with E-state index in [-0.39, 0.29) is 0 Å². The van der Waals surface area contributed by atoms with E-state index in [1.54, 1.807) is 0 Å². The number of hydrogen-bond acceptors (Lipinski definition) is 3. The minimum absolute atomic E-state index is 0.771. The standard InChI is InChI=1S/C16H19N3S/c1-4-16-18-14-8-12(17)5-6-15(14)19(16)9-13-7-10(2)11(3)20-13/h5-8H,4,9,17H2,1-3H3. The Bertz CT molecular complexity index is 748. The Hall–Kier alpha value is -1.81. The third-order valence-corrected chi connectivity index (χ3v) is 4.84. The average molecular weight is 285 g/mol. The van der Waals surface area contributed by atoms with Crippen molar-refractivity contribution in [2.24, 2.45) is 0 Å². The minimum atomic E-state index is 0.771. The van der Waals surface area contributed by atoms with Crippen LogP contribution in [0, 0.1) is 13.8 Å². The van der Waals surface area contributed by atoms with Crippen LogP contribution in [0.2, 0.25) is 0 Å². The molecule has 0 fully saturated rings. The van der Waals surface area contributed by atoms with E-state index < -0.39 is 0 Å². The summed E-state index contributed by atoms with van der Waals surface area (Å²) in [6, 6.07) is 8.26. The molecule has 3 aromatic rings. The molecule has 0 unspecified atom stereocenters. The first-order valence-electron chi connectivity index (χ1n) is 6.89. The Kier molecular flexibility index (Phi) is 3.26. The maximum atomic E-state index is 5.85. The van der Waals surface area contributed by atoms with Gasteiger partial charge in [-0.3, -0.25) is 0 Å². The Morgan fingerprint density at radius 3 is 2.70 bits per heavy atom. The van der Waals surface area contributed by atoms with Gasteiger partial charge in [0, 0.05) is 21.9 Å². The van der Waals surface area contributed by atoms with Crippen LogP contribution in [0.5, 0.6) is 0 Å². The van der Waals surface area contributed by atoms with E-state index in [4.69, 9.17) is 10.7 Å². The van der Waals surface area contributed by atoms with Gasteiger partial charge in [-0.1, -0.05) is 6.92 Å². The van der Waals surface area contributed by atoms with Crippen molar-refractivity contribution in [2.45, 2.75) is 33.7 Å². The molecule has 3 nitrogen and oxygen atoms in total. The molecule has 3 rings (SSSR count). The summed E-state index contributed by atoms with van der Waals surface area (Å²) in [7, 11) is 0. The number of fused-ring (bicyclic) bond motifs is 1. The number of aryl methyl sites for hydroxylation is 3. The number of nitrogens with two attached hydrogens (primary N) is 1. The van der Waals surface area contributed by atoms with Crippen LogP contribution in [0.1, 0.15) is 28.1 Å². The molecule has 0 bridgehead atoms. The van der Waals surface area contributed by atoms with Crippen LogP contribution < -0.4 is 5.73 Å². The zero-order chi connectivity index (χ0) is 14.3. The Balaban J connectivity index is 2.09. The predicted molar refractivity (Wildman–Crippen MR) is 86.4 cm³/mol. The summed E-state index contributed by atoms with van der Waals surface area (Å²) in [6.07, 6.45) is 0.928. The molecule has 104 valence electrons. The van der Waals surface area contributed by atoms with Gasteiger partial charge >= 0.3 is 0 Å². The van der Waals surface area contributed by atoms with Crippen LogP contribution in [0.3, 0.4) is 0 Å². The minimum Gasteiger partial charge on any atom is -0.399 e. The van der Waals surface area contributed by atoms with Crippen molar-refractivity contribution in [1.82, 2.24) is 9.55 Å². The number of nitrogen functional groups attached to an aromatic ring is 1. The maximum Gasteiger partial charge on any atom is 0.109 e. The molecule has 2 aromatic heterocycles. The molecule has 0 aliphatic carbocycles. The Labute approximate surface area is 123 Å². The van der Waals surface area contributed by atoms with Crippen LogP contribution >= 0.6 is 11.3 Å². The summed E-state index contributed by atoms with van der Waals surface area (Å²) in [6.45, 7) is 7.38. The van der Waals surface area contributed by atoms with Gasteiger partial charge in [-0.15, -0.1) is 11.3 Å². The Morgan fingerprint density at radius 2 is 2.05 bits per heavy atom. The fourth-order valence-corrected chi connectivity index (χ4v) is 3.57. The molecule has 0 spiro atoms. The number of benzene rings is 1. The molecule has 2 heterocycles. The number of rotatable bonds is 3. The zero-order valence-corrected chi connectivity index (χ0v) is 12.9. The molecule has 0 aliphatic heterocycles. The predicted octanol–water partition coefficient (Wildman–Crippen LogP) is 3.91. The van der Waals surface area contributed by atoms with Gasteiger partial charge in [0.05, 0.1) is 17.6 Å². The number of nitrogens with zero attached hydrogens (tertiary/aromatic N) is 2. The lowest BCUT2D eigenvalue weighted by molar-refractivity contribution is 0.761. The number of imidazole rings is 1. The van der Waals surface area contributed by atoms with Gasteiger partial charge in [0.15, 0.2) is 0 Å². The largest absolute Gasteiger partial charge is 0.399 e. The van der Waals surface area contributed by atoms with Crippen molar-refractivity contribution in [1.29, 1.82) is 0 Å². The van der Waals surface area contributed by atoms with Crippen LogP contribution in [-0.2, 0) is 13.0 Å². The van der Waals surface area contributed by atoms with Crippen molar-refractivity contribution in [3.05, 3.63) is 45.4 Å². The summed E-state index contributed by atoms with van der Waals surface area (Å²) in [5.41, 5.74) is 10.2. The highest BCUT2D eigenvalue weighted by atomic mass is 32.1. The average Bonchev–Trinajstić information content (AvgIpc) is 2.91. The molecule has 0 amide bonds. The zero-order valence-electron chi connectivity index (χ0n) is 12.1. The van der Waals surface area contributed by atoms with Gasteiger partial charge in [0.2, 0.25) is 0 Å². The van der Waals surface area contributed by atoms with Crippen molar-refractivity contribution in [2.75, 3.05) is 5.73 Å². The van der Waals surface area contributed by atoms with Crippen LogP contribution in [0.25, 0.3) is 11.0 Å². The Morgan fingerprint density at radius 1 is 1.25 bits per heavy atom. The maximum absolute atomic E-state index is 5.85. The molecule has 0 aliphatic rings. The summed E-state index contributed by atoms with van der Waals surface area (Å²) in [4.78, 5) is 7.48. The van der Waals surface area contributed by atoms with Gasteiger partial charge in [0.25, 0.3) is 0 Å². The van der Waals surface area contributed by atoms with Crippen molar-refractivity contribution >= 4 is 28.1 Å². The highest BCUT2D eigenvalue weighted by Crippen LogP contribution is 2.25. The van der Waals surface area contributed by atoms with Crippen molar-refractivity contribution in [3.63, 3.8) is 0 Å². The smallest absolute Gasteiger partial charge is 0.109 e. The van der Waals surface area contributed by atoms with Crippen LogP contribution in [-0.4, -0.2) is 9.55 Å². The highest BCUT2D eigenvalue weighted by Gasteiger charge is 2.11. The number of anilines is 1. The first kappa shape index (κ1) is 13.2. The highest BCUT2D eigenvalue weighted by molar-refractivity contribution is 7.12. The fourth-order valence-electron chi connectivity index (χ4n) is 2.53. The second-order valence-electron chi connectivity index (χ2n) is 5.17. The molecule has 0 saturated carbocycles. The monoisotopic (exact) mass is 285 g/mol. The van der Waals surface area contributed by atoms with E-state index in [0.29, 0.717) is 0 Å². The van der Waals surface area contributed by atoms with Gasteiger partial charge < -0.3 is 10.3 Å². The normalized spacial score (nSPS) is 11.3. The summed E-state index contributed by atoms with van der Waals surface area (Å²) >= 11 is 1.87. The lowest BCUT2D eigenvalue weighted by Gasteiger charge is -2.06.